The van der Waals surface area contributed by atoms with Crippen molar-refractivity contribution in [3.63, 3.8) is 0 Å². The third-order valence-corrected chi connectivity index (χ3v) is 13.8. The molecule has 0 amide bonds. The van der Waals surface area contributed by atoms with Crippen LogP contribution in [0, 0.1) is 0 Å². The number of rotatable bonds is 12. The van der Waals surface area contributed by atoms with Gasteiger partial charge in [0.25, 0.3) is 16.6 Å². The predicted octanol–water partition coefficient (Wildman–Crippen LogP) is 4.31. The van der Waals surface area contributed by atoms with Crippen LogP contribution in [0.25, 0.3) is 0 Å². The molecule has 0 aromatic heterocycles. The van der Waals surface area contributed by atoms with Gasteiger partial charge in [0.2, 0.25) is 0 Å². The SMILES string of the molecule is CC[Si](CC)(CC)OO[Si](=O)OO[Si](CC)(CC)CC. The van der Waals surface area contributed by atoms with Crippen molar-refractivity contribution in [3.05, 3.63) is 0 Å². The van der Waals surface area contributed by atoms with Crippen LogP contribution in [-0.4, -0.2) is 25.8 Å². The molecule has 0 aromatic carbocycles. The molecule has 0 atom stereocenters. The van der Waals surface area contributed by atoms with Crippen LogP contribution in [0.2, 0.25) is 36.3 Å². The fourth-order valence-electron chi connectivity index (χ4n) is 2.11. The average molecular weight is 339 g/mol. The number of hydrogen-bond acceptors (Lipinski definition) is 5. The van der Waals surface area contributed by atoms with Crippen LogP contribution >= 0.6 is 0 Å². The smallest absolute Gasteiger partial charge is 0.339 e. The highest BCUT2D eigenvalue weighted by Crippen LogP contribution is 2.23. The molecule has 0 saturated carbocycles. The van der Waals surface area contributed by atoms with E-state index in [4.69, 9.17) is 18.3 Å². The van der Waals surface area contributed by atoms with E-state index in [9.17, 15) is 4.46 Å². The zero-order chi connectivity index (χ0) is 15.6. The maximum atomic E-state index is 11.8. The zero-order valence-corrected chi connectivity index (χ0v) is 16.8. The number of hydrogen-bond donors (Lipinski definition) is 0. The standard InChI is InChI=1S/C12H30O5Si3/c1-7-19(8-2,9-3)16-14-18(13)15-17-20(10-4,11-5)12-6/h7-12H2,1-6H3. The molecular formula is C12H30O5Si3. The van der Waals surface area contributed by atoms with Crippen molar-refractivity contribution in [3.8, 4) is 0 Å². The predicted molar refractivity (Wildman–Crippen MR) is 85.2 cm³/mol. The van der Waals surface area contributed by atoms with Gasteiger partial charge in [0.15, 0.2) is 0 Å². The molecule has 0 aliphatic carbocycles. The second-order valence-electron chi connectivity index (χ2n) is 5.07. The molecule has 0 heterocycles. The molecule has 20 heavy (non-hydrogen) atoms. The molecule has 120 valence electrons. The van der Waals surface area contributed by atoms with Crippen LogP contribution in [-0.2, 0) is 22.8 Å². The maximum Gasteiger partial charge on any atom is 0.833 e. The first kappa shape index (κ1) is 20.0. The summed E-state index contributed by atoms with van der Waals surface area (Å²) in [4.78, 5) is 0. The monoisotopic (exact) mass is 338 g/mol. The van der Waals surface area contributed by atoms with Gasteiger partial charge in [-0.3, -0.25) is 13.6 Å². The van der Waals surface area contributed by atoms with E-state index in [0.29, 0.717) is 0 Å². The van der Waals surface area contributed by atoms with Crippen LogP contribution < -0.4 is 0 Å². The van der Waals surface area contributed by atoms with Crippen molar-refractivity contribution < 1.29 is 22.8 Å². The second-order valence-corrected chi connectivity index (χ2v) is 15.2. The molecule has 0 aliphatic rings. The minimum absolute atomic E-state index is 0.938. The lowest BCUT2D eigenvalue weighted by atomic mass is 10.9. The summed E-state index contributed by atoms with van der Waals surface area (Å²) in [5.74, 6) is 0. The highest BCUT2D eigenvalue weighted by Gasteiger charge is 2.36. The Morgan fingerprint density at radius 3 is 1.10 bits per heavy atom. The van der Waals surface area contributed by atoms with Gasteiger partial charge in [-0.05, 0) is 36.3 Å². The Balaban J connectivity index is 4.30. The molecule has 5 nitrogen and oxygen atoms in total. The van der Waals surface area contributed by atoms with Crippen molar-refractivity contribution in [2.75, 3.05) is 0 Å². The highest BCUT2D eigenvalue weighted by atomic mass is 28.4. The molecule has 0 rings (SSSR count). The van der Waals surface area contributed by atoms with E-state index in [1.807, 2.05) is 0 Å². The van der Waals surface area contributed by atoms with Crippen LogP contribution in [0.4, 0.5) is 0 Å². The summed E-state index contributed by atoms with van der Waals surface area (Å²) in [6, 6.07) is 5.63. The molecule has 0 fully saturated rings. The quantitative estimate of drug-likeness (QED) is 0.301. The molecule has 0 aliphatic heterocycles. The van der Waals surface area contributed by atoms with E-state index < -0.39 is 25.8 Å². The fourth-order valence-corrected chi connectivity index (χ4v) is 7.81. The van der Waals surface area contributed by atoms with Crippen molar-refractivity contribution in [1.82, 2.24) is 0 Å². The van der Waals surface area contributed by atoms with Gasteiger partial charge in [-0.2, -0.15) is 0 Å². The lowest BCUT2D eigenvalue weighted by Crippen LogP contribution is -2.40. The summed E-state index contributed by atoms with van der Waals surface area (Å²) in [5, 5.41) is 0. The molecule has 0 bridgehead atoms. The van der Waals surface area contributed by atoms with E-state index in [-0.39, 0.29) is 0 Å². The third kappa shape index (κ3) is 5.76. The Morgan fingerprint density at radius 1 is 0.650 bits per heavy atom. The maximum absolute atomic E-state index is 11.8. The average Bonchev–Trinajstić information content (AvgIpc) is 2.51. The summed E-state index contributed by atoms with van der Waals surface area (Å²) in [6.07, 6.45) is 0. The first-order valence-corrected chi connectivity index (χ1v) is 14.0. The Labute approximate surface area is 127 Å². The van der Waals surface area contributed by atoms with Gasteiger partial charge in [0.1, 0.15) is 0 Å². The normalized spacial score (nSPS) is 12.3. The summed E-state index contributed by atoms with van der Waals surface area (Å²) in [7, 11) is -6.54. The van der Waals surface area contributed by atoms with Crippen LogP contribution in [0.3, 0.4) is 0 Å². The molecule has 8 heteroatoms. The van der Waals surface area contributed by atoms with Gasteiger partial charge in [-0.25, -0.2) is 0 Å². The van der Waals surface area contributed by atoms with E-state index in [0.717, 1.165) is 36.3 Å². The van der Waals surface area contributed by atoms with Crippen LogP contribution in [0.1, 0.15) is 41.5 Å². The zero-order valence-electron chi connectivity index (χ0n) is 13.8. The van der Waals surface area contributed by atoms with Crippen molar-refractivity contribution in [1.29, 1.82) is 0 Å². The van der Waals surface area contributed by atoms with Gasteiger partial charge in [-0.1, -0.05) is 41.5 Å². The largest absolute Gasteiger partial charge is 0.833 e. The Morgan fingerprint density at radius 2 is 0.900 bits per heavy atom. The van der Waals surface area contributed by atoms with E-state index in [1.54, 1.807) is 0 Å². The van der Waals surface area contributed by atoms with Gasteiger partial charge in [0.05, 0.1) is 0 Å². The van der Waals surface area contributed by atoms with E-state index in [2.05, 4.69) is 41.5 Å². The minimum Gasteiger partial charge on any atom is -0.339 e. The summed E-state index contributed by atoms with van der Waals surface area (Å²) in [5.41, 5.74) is 0. The molecule has 0 spiro atoms. The first-order chi connectivity index (χ1) is 9.46. The fraction of sp³-hybridized carbons (Fsp3) is 1.00. The minimum atomic E-state index is -2.74. The molecule has 0 unspecified atom stereocenters. The lowest BCUT2D eigenvalue weighted by Gasteiger charge is -2.27. The Bertz CT molecular complexity index is 238. The summed E-state index contributed by atoms with van der Waals surface area (Å²) >= 11 is 0. The molecule has 0 N–H and O–H groups in total. The van der Waals surface area contributed by atoms with Crippen LogP contribution in [0.5, 0.6) is 0 Å². The Kier molecular flexibility index (Phi) is 9.81. The van der Waals surface area contributed by atoms with Crippen LogP contribution in [0.15, 0.2) is 0 Å². The molecule has 0 aromatic rings. The summed E-state index contributed by atoms with van der Waals surface area (Å²) in [6.45, 7) is 12.5. The van der Waals surface area contributed by atoms with Crippen molar-refractivity contribution >= 4 is 25.8 Å². The van der Waals surface area contributed by atoms with E-state index in [1.165, 1.54) is 0 Å². The van der Waals surface area contributed by atoms with Gasteiger partial charge in [0, 0.05) is 0 Å². The highest BCUT2D eigenvalue weighted by molar-refractivity contribution is 6.74. The Hall–Kier alpha value is -0.0294. The van der Waals surface area contributed by atoms with Crippen molar-refractivity contribution in [2.45, 2.75) is 77.8 Å². The van der Waals surface area contributed by atoms with Crippen molar-refractivity contribution in [2.24, 2.45) is 0 Å². The van der Waals surface area contributed by atoms with Gasteiger partial charge < -0.3 is 9.15 Å². The van der Waals surface area contributed by atoms with Gasteiger partial charge >= 0.3 is 9.17 Å². The molecular weight excluding hydrogens is 308 g/mol. The third-order valence-electron chi connectivity index (χ3n) is 4.44. The summed E-state index contributed by atoms with van der Waals surface area (Å²) < 4.78 is 32.7. The molecule has 0 radical (unpaired) electrons. The van der Waals surface area contributed by atoms with E-state index >= 15 is 0 Å². The van der Waals surface area contributed by atoms with Gasteiger partial charge in [-0.15, -0.1) is 0 Å². The second kappa shape index (κ2) is 9.83. The topological polar surface area (TPSA) is 54.0 Å². The first-order valence-electron chi connectivity index (χ1n) is 7.72. The molecule has 0 saturated heterocycles. The lowest BCUT2D eigenvalue weighted by molar-refractivity contribution is -0.207.